The molecule has 5 heteroatoms. The van der Waals surface area contributed by atoms with Gasteiger partial charge in [0, 0.05) is 25.0 Å². The average molecular weight is 192 g/mol. The quantitative estimate of drug-likeness (QED) is 0.725. The Balaban J connectivity index is 2.17. The molecule has 1 saturated heterocycles. The second kappa shape index (κ2) is 3.25. The van der Waals surface area contributed by atoms with E-state index in [0.717, 1.165) is 6.54 Å². The Morgan fingerprint density at radius 1 is 1.57 bits per heavy atom. The highest BCUT2D eigenvalue weighted by molar-refractivity contribution is 5.92. The maximum absolute atomic E-state index is 10.8. The van der Waals surface area contributed by atoms with Gasteiger partial charge in [0.2, 0.25) is 5.95 Å². The van der Waals surface area contributed by atoms with Gasteiger partial charge in [0.15, 0.2) is 0 Å². The zero-order valence-corrected chi connectivity index (χ0v) is 7.97. The van der Waals surface area contributed by atoms with Crippen LogP contribution in [0.25, 0.3) is 0 Å². The molecule has 1 aromatic rings. The van der Waals surface area contributed by atoms with E-state index in [1.165, 1.54) is 18.8 Å². The van der Waals surface area contributed by atoms with E-state index in [-0.39, 0.29) is 0 Å². The van der Waals surface area contributed by atoms with Gasteiger partial charge in [-0.1, -0.05) is 0 Å². The highest BCUT2D eigenvalue weighted by atomic mass is 16.1. The predicted molar refractivity (Wildman–Crippen MR) is 52.0 cm³/mol. The molecule has 2 rings (SSSR count). The summed E-state index contributed by atoms with van der Waals surface area (Å²) in [4.78, 5) is 21.0. The van der Waals surface area contributed by atoms with Crippen molar-refractivity contribution in [2.75, 3.05) is 11.4 Å². The molecule has 1 aliphatic heterocycles. The van der Waals surface area contributed by atoms with Gasteiger partial charge in [0.25, 0.3) is 5.91 Å². The van der Waals surface area contributed by atoms with Crippen LogP contribution in [0.2, 0.25) is 0 Å². The Morgan fingerprint density at radius 2 is 2.21 bits per heavy atom. The summed E-state index contributed by atoms with van der Waals surface area (Å²) >= 11 is 0. The number of nitrogens with zero attached hydrogens (tertiary/aromatic N) is 3. The topological polar surface area (TPSA) is 72.1 Å². The molecule has 1 aromatic heterocycles. The van der Waals surface area contributed by atoms with Gasteiger partial charge >= 0.3 is 0 Å². The number of carbonyl (C=O) groups is 1. The van der Waals surface area contributed by atoms with Crippen molar-refractivity contribution in [1.82, 2.24) is 9.97 Å². The van der Waals surface area contributed by atoms with Crippen LogP contribution in [0.3, 0.4) is 0 Å². The fourth-order valence-electron chi connectivity index (χ4n) is 1.41. The van der Waals surface area contributed by atoms with Crippen molar-refractivity contribution in [1.29, 1.82) is 0 Å². The normalized spacial score (nSPS) is 20.4. The Morgan fingerprint density at radius 3 is 2.57 bits per heavy atom. The Kier molecular flexibility index (Phi) is 2.07. The molecule has 1 aliphatic rings. The molecule has 2 N–H and O–H groups in total. The number of aromatic nitrogens is 2. The maximum atomic E-state index is 10.8. The molecule has 74 valence electrons. The first-order chi connectivity index (χ1) is 6.68. The van der Waals surface area contributed by atoms with E-state index in [1.54, 1.807) is 0 Å². The second-order valence-electron chi connectivity index (χ2n) is 3.47. The highest BCUT2D eigenvalue weighted by Crippen LogP contribution is 2.21. The molecular formula is C9H12N4O. The van der Waals surface area contributed by atoms with E-state index in [0.29, 0.717) is 17.6 Å². The Hall–Kier alpha value is -1.65. The molecule has 0 bridgehead atoms. The zero-order valence-electron chi connectivity index (χ0n) is 7.97. The van der Waals surface area contributed by atoms with Crippen molar-refractivity contribution in [3.05, 3.63) is 18.0 Å². The van der Waals surface area contributed by atoms with Gasteiger partial charge < -0.3 is 10.6 Å². The number of rotatable bonds is 2. The number of nitrogens with two attached hydrogens (primary N) is 1. The van der Waals surface area contributed by atoms with Crippen LogP contribution in [-0.2, 0) is 0 Å². The third-order valence-electron chi connectivity index (χ3n) is 2.50. The molecule has 0 saturated carbocycles. The van der Waals surface area contributed by atoms with E-state index in [1.807, 2.05) is 0 Å². The number of primary amides is 1. The summed E-state index contributed by atoms with van der Waals surface area (Å²) in [6, 6.07) is 0.495. The molecule has 1 unspecified atom stereocenters. The summed E-state index contributed by atoms with van der Waals surface area (Å²) in [5.74, 6) is 0.182. The smallest absolute Gasteiger partial charge is 0.251 e. The summed E-state index contributed by atoms with van der Waals surface area (Å²) in [5.41, 5.74) is 5.43. The third kappa shape index (κ3) is 1.41. The van der Waals surface area contributed by atoms with E-state index < -0.39 is 5.91 Å². The SMILES string of the molecule is CC1CCN1c1ncc(C(N)=O)cn1. The molecule has 14 heavy (non-hydrogen) atoms. The predicted octanol–water partition coefficient (Wildman–Crippen LogP) is 0.174. The molecular weight excluding hydrogens is 180 g/mol. The van der Waals surface area contributed by atoms with Gasteiger partial charge in [-0.25, -0.2) is 9.97 Å². The molecule has 0 radical (unpaired) electrons. The molecule has 0 aromatic carbocycles. The van der Waals surface area contributed by atoms with Crippen molar-refractivity contribution >= 4 is 11.9 Å². The number of hydrogen-bond acceptors (Lipinski definition) is 4. The van der Waals surface area contributed by atoms with Crippen LogP contribution < -0.4 is 10.6 Å². The van der Waals surface area contributed by atoms with Gasteiger partial charge in [-0.3, -0.25) is 4.79 Å². The Bertz CT molecular complexity index is 348. The van der Waals surface area contributed by atoms with Crippen LogP contribution in [0, 0.1) is 0 Å². The van der Waals surface area contributed by atoms with Gasteiger partial charge in [0.05, 0.1) is 5.56 Å². The molecule has 1 fully saturated rings. The summed E-state index contributed by atoms with van der Waals surface area (Å²) in [5, 5.41) is 0. The lowest BCUT2D eigenvalue weighted by Crippen LogP contribution is -2.46. The summed E-state index contributed by atoms with van der Waals surface area (Å²) in [7, 11) is 0. The van der Waals surface area contributed by atoms with Crippen LogP contribution in [-0.4, -0.2) is 28.5 Å². The minimum Gasteiger partial charge on any atom is -0.366 e. The fraction of sp³-hybridized carbons (Fsp3) is 0.444. The lowest BCUT2D eigenvalue weighted by molar-refractivity contribution is 0.0999. The molecule has 0 aliphatic carbocycles. The standard InChI is InChI=1S/C9H12N4O/c1-6-2-3-13(6)9-11-4-7(5-12-9)8(10)14/h4-6H,2-3H2,1H3,(H2,10,14). The highest BCUT2D eigenvalue weighted by Gasteiger charge is 2.25. The van der Waals surface area contributed by atoms with E-state index >= 15 is 0 Å². The first-order valence-corrected chi connectivity index (χ1v) is 4.57. The molecule has 2 heterocycles. The fourth-order valence-corrected chi connectivity index (χ4v) is 1.41. The molecule has 1 atom stereocenters. The van der Waals surface area contributed by atoms with Crippen LogP contribution in [0.1, 0.15) is 23.7 Å². The summed E-state index contributed by atoms with van der Waals surface area (Å²) < 4.78 is 0. The van der Waals surface area contributed by atoms with Gasteiger partial charge in [0.1, 0.15) is 0 Å². The Labute approximate surface area is 82.0 Å². The van der Waals surface area contributed by atoms with E-state index in [4.69, 9.17) is 5.73 Å². The lowest BCUT2D eigenvalue weighted by atomic mass is 10.1. The number of amides is 1. The summed E-state index contributed by atoms with van der Waals surface area (Å²) in [6.07, 6.45) is 4.10. The largest absolute Gasteiger partial charge is 0.366 e. The molecule has 1 amide bonds. The molecule has 5 nitrogen and oxygen atoms in total. The van der Waals surface area contributed by atoms with Crippen molar-refractivity contribution in [2.24, 2.45) is 5.73 Å². The first-order valence-electron chi connectivity index (χ1n) is 4.57. The number of hydrogen-bond donors (Lipinski definition) is 1. The van der Waals surface area contributed by atoms with Crippen LogP contribution >= 0.6 is 0 Å². The summed E-state index contributed by atoms with van der Waals surface area (Å²) in [6.45, 7) is 3.10. The van der Waals surface area contributed by atoms with E-state index in [2.05, 4.69) is 21.8 Å². The van der Waals surface area contributed by atoms with Crippen LogP contribution in [0.15, 0.2) is 12.4 Å². The zero-order chi connectivity index (χ0) is 10.1. The van der Waals surface area contributed by atoms with E-state index in [9.17, 15) is 4.79 Å². The first kappa shape index (κ1) is 8.93. The second-order valence-corrected chi connectivity index (χ2v) is 3.47. The molecule has 0 spiro atoms. The van der Waals surface area contributed by atoms with Crippen LogP contribution in [0.4, 0.5) is 5.95 Å². The van der Waals surface area contributed by atoms with Gasteiger partial charge in [-0.15, -0.1) is 0 Å². The maximum Gasteiger partial charge on any atom is 0.251 e. The van der Waals surface area contributed by atoms with Crippen molar-refractivity contribution in [2.45, 2.75) is 19.4 Å². The van der Waals surface area contributed by atoms with Gasteiger partial charge in [-0.2, -0.15) is 0 Å². The van der Waals surface area contributed by atoms with Crippen molar-refractivity contribution in [3.63, 3.8) is 0 Å². The van der Waals surface area contributed by atoms with Crippen LogP contribution in [0.5, 0.6) is 0 Å². The minimum atomic E-state index is -0.492. The monoisotopic (exact) mass is 192 g/mol. The lowest BCUT2D eigenvalue weighted by Gasteiger charge is -2.38. The minimum absolute atomic E-state index is 0.349. The third-order valence-corrected chi connectivity index (χ3v) is 2.50. The van der Waals surface area contributed by atoms with Gasteiger partial charge in [-0.05, 0) is 13.3 Å². The van der Waals surface area contributed by atoms with Crippen molar-refractivity contribution < 1.29 is 4.79 Å². The number of anilines is 1. The average Bonchev–Trinajstić information content (AvgIpc) is 2.16. The number of carbonyl (C=O) groups excluding carboxylic acids is 1. The van der Waals surface area contributed by atoms with Crippen molar-refractivity contribution in [3.8, 4) is 0 Å².